The Kier molecular flexibility index (Phi) is 3.02. The van der Waals surface area contributed by atoms with Gasteiger partial charge in [0, 0.05) is 19.3 Å². The van der Waals surface area contributed by atoms with Crippen LogP contribution in [0.4, 0.5) is 5.82 Å². The van der Waals surface area contributed by atoms with E-state index in [1.165, 1.54) is 32.4 Å². The average molecular weight is 190 g/mol. The van der Waals surface area contributed by atoms with Crippen molar-refractivity contribution in [3.8, 4) is 0 Å². The molecule has 14 heavy (non-hydrogen) atoms. The third-order valence-electron chi connectivity index (χ3n) is 3.07. The van der Waals surface area contributed by atoms with Gasteiger partial charge in [0.15, 0.2) is 0 Å². The highest BCUT2D eigenvalue weighted by molar-refractivity contribution is 5.38. The summed E-state index contributed by atoms with van der Waals surface area (Å²) in [6, 6.07) is 6.15. The van der Waals surface area contributed by atoms with Gasteiger partial charge < -0.3 is 4.90 Å². The summed E-state index contributed by atoms with van der Waals surface area (Å²) in [5.41, 5.74) is 0. The molecular weight excluding hydrogens is 172 g/mol. The maximum Gasteiger partial charge on any atom is 0.128 e. The lowest BCUT2D eigenvalue weighted by Gasteiger charge is -2.33. The number of rotatable bonds is 2. The van der Waals surface area contributed by atoms with Gasteiger partial charge in [0.05, 0.1) is 0 Å². The number of anilines is 1. The van der Waals surface area contributed by atoms with Crippen LogP contribution in [-0.2, 0) is 0 Å². The van der Waals surface area contributed by atoms with Gasteiger partial charge in [0.25, 0.3) is 0 Å². The lowest BCUT2D eigenvalue weighted by Crippen LogP contribution is -2.35. The van der Waals surface area contributed by atoms with E-state index in [1.54, 1.807) is 0 Å². The molecule has 0 radical (unpaired) electrons. The van der Waals surface area contributed by atoms with Crippen molar-refractivity contribution in [1.82, 2.24) is 4.98 Å². The van der Waals surface area contributed by atoms with Gasteiger partial charge in [-0.15, -0.1) is 0 Å². The second-order valence-corrected chi connectivity index (χ2v) is 4.05. The van der Waals surface area contributed by atoms with Gasteiger partial charge in [-0.2, -0.15) is 0 Å². The molecule has 1 atom stereocenters. The topological polar surface area (TPSA) is 16.1 Å². The van der Waals surface area contributed by atoms with Crippen LogP contribution in [-0.4, -0.2) is 18.1 Å². The minimum Gasteiger partial charge on any atom is -0.356 e. The number of nitrogens with zero attached hydrogens (tertiary/aromatic N) is 2. The molecule has 1 aliphatic rings. The van der Waals surface area contributed by atoms with E-state index in [9.17, 15) is 0 Å². The highest BCUT2D eigenvalue weighted by atomic mass is 15.2. The Bertz CT molecular complexity index is 271. The molecule has 0 aliphatic carbocycles. The quantitative estimate of drug-likeness (QED) is 0.712. The first kappa shape index (κ1) is 9.50. The molecular formula is C12H18N2. The van der Waals surface area contributed by atoms with Gasteiger partial charge in [-0.25, -0.2) is 4.98 Å². The van der Waals surface area contributed by atoms with Gasteiger partial charge in [-0.3, -0.25) is 0 Å². The second-order valence-electron chi connectivity index (χ2n) is 4.05. The molecule has 1 fully saturated rings. The van der Waals surface area contributed by atoms with E-state index in [0.29, 0.717) is 0 Å². The molecule has 0 spiro atoms. The molecule has 1 aromatic heterocycles. The molecule has 2 rings (SSSR count). The van der Waals surface area contributed by atoms with Crippen LogP contribution >= 0.6 is 0 Å². The van der Waals surface area contributed by atoms with Crippen molar-refractivity contribution >= 4 is 5.82 Å². The summed E-state index contributed by atoms with van der Waals surface area (Å²) in [5.74, 6) is 2.01. The predicted octanol–water partition coefficient (Wildman–Crippen LogP) is 2.71. The zero-order valence-corrected chi connectivity index (χ0v) is 8.82. The van der Waals surface area contributed by atoms with Crippen LogP contribution in [0.2, 0.25) is 0 Å². The first-order valence-corrected chi connectivity index (χ1v) is 5.56. The molecule has 0 amide bonds. The smallest absolute Gasteiger partial charge is 0.128 e. The molecule has 2 nitrogen and oxygen atoms in total. The maximum atomic E-state index is 4.40. The van der Waals surface area contributed by atoms with Crippen LogP contribution in [0.25, 0.3) is 0 Å². The Morgan fingerprint density at radius 2 is 2.43 bits per heavy atom. The lowest BCUT2D eigenvalue weighted by atomic mass is 9.96. The zero-order chi connectivity index (χ0) is 9.80. The Morgan fingerprint density at radius 1 is 1.50 bits per heavy atom. The summed E-state index contributed by atoms with van der Waals surface area (Å²) in [6.45, 7) is 4.65. The highest BCUT2D eigenvalue weighted by Gasteiger charge is 2.18. The van der Waals surface area contributed by atoms with Gasteiger partial charge in [-0.05, 0) is 30.9 Å². The summed E-state index contributed by atoms with van der Waals surface area (Å²) in [6.07, 6.45) is 5.88. The number of hydrogen-bond donors (Lipinski definition) is 0. The van der Waals surface area contributed by atoms with Gasteiger partial charge in [0.1, 0.15) is 5.82 Å². The Labute approximate surface area is 86.0 Å². The minimum absolute atomic E-state index is 0.866. The Morgan fingerprint density at radius 3 is 3.14 bits per heavy atom. The molecule has 1 unspecified atom stereocenters. The number of hydrogen-bond acceptors (Lipinski definition) is 2. The molecule has 0 N–H and O–H groups in total. The molecule has 2 heterocycles. The summed E-state index contributed by atoms with van der Waals surface area (Å²) in [5, 5.41) is 0. The molecule has 1 aliphatic heterocycles. The van der Waals surface area contributed by atoms with E-state index in [0.717, 1.165) is 11.7 Å². The van der Waals surface area contributed by atoms with E-state index in [-0.39, 0.29) is 0 Å². The van der Waals surface area contributed by atoms with Crippen molar-refractivity contribution in [2.75, 3.05) is 18.0 Å². The van der Waals surface area contributed by atoms with Gasteiger partial charge in [0.2, 0.25) is 0 Å². The van der Waals surface area contributed by atoms with Crippen molar-refractivity contribution < 1.29 is 0 Å². The van der Waals surface area contributed by atoms with Crippen LogP contribution in [0.3, 0.4) is 0 Å². The van der Waals surface area contributed by atoms with Crippen molar-refractivity contribution in [3.05, 3.63) is 24.4 Å². The minimum atomic E-state index is 0.866. The van der Waals surface area contributed by atoms with Gasteiger partial charge in [-0.1, -0.05) is 19.4 Å². The fraction of sp³-hybridized carbons (Fsp3) is 0.583. The van der Waals surface area contributed by atoms with Gasteiger partial charge >= 0.3 is 0 Å². The molecule has 2 heteroatoms. The summed E-state index contributed by atoms with van der Waals surface area (Å²) >= 11 is 0. The SMILES string of the molecule is CCC1CCCN(c2ccccn2)C1. The Balaban J connectivity index is 2.04. The summed E-state index contributed by atoms with van der Waals surface area (Å²) < 4.78 is 0. The van der Waals surface area contributed by atoms with E-state index in [2.05, 4.69) is 28.9 Å². The standard InChI is InChI=1S/C12H18N2/c1-2-11-6-5-9-14(10-11)12-7-3-4-8-13-12/h3-4,7-8,11H,2,5-6,9-10H2,1H3. The molecule has 1 aromatic rings. The van der Waals surface area contributed by atoms with Crippen molar-refractivity contribution in [1.29, 1.82) is 0 Å². The fourth-order valence-electron chi connectivity index (χ4n) is 2.15. The first-order valence-electron chi connectivity index (χ1n) is 5.56. The van der Waals surface area contributed by atoms with Crippen LogP contribution in [0.1, 0.15) is 26.2 Å². The number of pyridine rings is 1. The van der Waals surface area contributed by atoms with Crippen LogP contribution < -0.4 is 4.90 Å². The molecule has 1 saturated heterocycles. The summed E-state index contributed by atoms with van der Waals surface area (Å²) in [7, 11) is 0. The zero-order valence-electron chi connectivity index (χ0n) is 8.82. The first-order chi connectivity index (χ1) is 6.90. The van der Waals surface area contributed by atoms with Crippen LogP contribution in [0, 0.1) is 5.92 Å². The average Bonchev–Trinajstić information content (AvgIpc) is 2.30. The molecule has 0 aromatic carbocycles. The maximum absolute atomic E-state index is 4.40. The predicted molar refractivity (Wildman–Crippen MR) is 59.5 cm³/mol. The number of aromatic nitrogens is 1. The van der Waals surface area contributed by atoms with Crippen LogP contribution in [0.15, 0.2) is 24.4 Å². The van der Waals surface area contributed by atoms with Crippen molar-refractivity contribution in [2.24, 2.45) is 5.92 Å². The monoisotopic (exact) mass is 190 g/mol. The van der Waals surface area contributed by atoms with Crippen molar-refractivity contribution in [2.45, 2.75) is 26.2 Å². The van der Waals surface area contributed by atoms with Crippen molar-refractivity contribution in [3.63, 3.8) is 0 Å². The largest absolute Gasteiger partial charge is 0.356 e. The Hall–Kier alpha value is -1.05. The second kappa shape index (κ2) is 4.45. The third-order valence-corrected chi connectivity index (χ3v) is 3.07. The summed E-state index contributed by atoms with van der Waals surface area (Å²) in [4.78, 5) is 6.81. The third kappa shape index (κ3) is 2.06. The normalized spacial score (nSPS) is 22.4. The molecule has 0 saturated carbocycles. The van der Waals surface area contributed by atoms with E-state index >= 15 is 0 Å². The van der Waals surface area contributed by atoms with E-state index in [4.69, 9.17) is 0 Å². The lowest BCUT2D eigenvalue weighted by molar-refractivity contribution is 0.403. The highest BCUT2D eigenvalue weighted by Crippen LogP contribution is 2.22. The fourth-order valence-corrected chi connectivity index (χ4v) is 2.15. The molecule has 0 bridgehead atoms. The van der Waals surface area contributed by atoms with Crippen LogP contribution in [0.5, 0.6) is 0 Å². The number of piperidine rings is 1. The molecule has 76 valence electrons. The van der Waals surface area contributed by atoms with E-state index in [1.807, 2.05) is 12.3 Å². The van der Waals surface area contributed by atoms with E-state index < -0.39 is 0 Å².